The molecule has 1 aliphatic rings. The van der Waals surface area contributed by atoms with Crippen LogP contribution in [0.4, 0.5) is 5.13 Å². The van der Waals surface area contributed by atoms with Gasteiger partial charge in [0.25, 0.3) is 5.91 Å². The van der Waals surface area contributed by atoms with Crippen molar-refractivity contribution >= 4 is 39.9 Å². The Hall–Kier alpha value is -3.53. The van der Waals surface area contributed by atoms with Crippen LogP contribution in [0.5, 0.6) is 0 Å². The number of amides is 2. The number of hydrogen-bond donors (Lipinski definition) is 2. The Kier molecular flexibility index (Phi) is 7.10. The Morgan fingerprint density at radius 3 is 2.62 bits per heavy atom. The van der Waals surface area contributed by atoms with Gasteiger partial charge in [0.15, 0.2) is 5.13 Å². The summed E-state index contributed by atoms with van der Waals surface area (Å²) in [6.45, 7) is 2.74. The van der Waals surface area contributed by atoms with E-state index in [1.807, 2.05) is 60.1 Å². The average molecular weight is 535 g/mol. The van der Waals surface area contributed by atoms with E-state index in [1.54, 1.807) is 12.1 Å². The number of nitrogens with one attached hydrogen (secondary N) is 2. The minimum atomic E-state index is -0.212. The molecule has 0 bridgehead atoms. The Morgan fingerprint density at radius 2 is 1.92 bits per heavy atom. The maximum Gasteiger partial charge on any atom is 0.252 e. The van der Waals surface area contributed by atoms with Gasteiger partial charge in [-0.05, 0) is 45.1 Å². The maximum absolute atomic E-state index is 12.7. The summed E-state index contributed by atoms with van der Waals surface area (Å²) >= 11 is 8.06. The zero-order valence-electron chi connectivity index (χ0n) is 20.8. The van der Waals surface area contributed by atoms with Gasteiger partial charge in [-0.15, -0.1) is 0 Å². The van der Waals surface area contributed by atoms with Crippen LogP contribution in [0.25, 0.3) is 27.5 Å². The second-order valence-electron chi connectivity index (χ2n) is 9.15. The van der Waals surface area contributed by atoms with Crippen LogP contribution in [-0.4, -0.2) is 58.7 Å². The van der Waals surface area contributed by atoms with Crippen molar-refractivity contribution in [3.05, 3.63) is 70.4 Å². The molecule has 190 valence electrons. The molecule has 4 aromatic rings. The highest BCUT2D eigenvalue weighted by Gasteiger charge is 2.30. The Morgan fingerprint density at radius 1 is 1.14 bits per heavy atom. The highest BCUT2D eigenvalue weighted by molar-refractivity contribution is 7.19. The van der Waals surface area contributed by atoms with E-state index in [2.05, 4.69) is 15.6 Å². The SMILES string of the molecule is CC(=O)Nc1nc2c(s1)-c1c(c(-c3ccccc3)nn1-c1ccc(C(=O)NCCN(C)C)c(Cl)c1)CC2. The lowest BCUT2D eigenvalue weighted by Crippen LogP contribution is -2.31. The van der Waals surface area contributed by atoms with E-state index in [4.69, 9.17) is 16.7 Å². The zero-order chi connectivity index (χ0) is 26.1. The van der Waals surface area contributed by atoms with Crippen molar-refractivity contribution in [1.82, 2.24) is 25.0 Å². The number of carbonyl (C=O) groups is 2. The van der Waals surface area contributed by atoms with Crippen molar-refractivity contribution in [3.63, 3.8) is 0 Å². The van der Waals surface area contributed by atoms with Gasteiger partial charge >= 0.3 is 0 Å². The molecule has 2 heterocycles. The number of fused-ring (bicyclic) bond motifs is 3. The minimum absolute atomic E-state index is 0.156. The molecule has 0 aliphatic heterocycles. The molecule has 8 nitrogen and oxygen atoms in total. The lowest BCUT2D eigenvalue weighted by atomic mass is 9.95. The lowest BCUT2D eigenvalue weighted by molar-refractivity contribution is -0.114. The summed E-state index contributed by atoms with van der Waals surface area (Å²) in [6.07, 6.45) is 1.53. The number of aryl methyl sites for hydroxylation is 1. The van der Waals surface area contributed by atoms with Crippen LogP contribution in [0.1, 0.15) is 28.5 Å². The fraction of sp³-hybridized carbons (Fsp3) is 0.259. The summed E-state index contributed by atoms with van der Waals surface area (Å²) in [5.41, 5.74) is 6.08. The van der Waals surface area contributed by atoms with Gasteiger partial charge in [-0.1, -0.05) is 53.3 Å². The molecule has 0 atom stereocenters. The number of rotatable bonds is 7. The van der Waals surface area contributed by atoms with Crippen LogP contribution in [0.3, 0.4) is 0 Å². The topological polar surface area (TPSA) is 92.1 Å². The average Bonchev–Trinajstić information content (AvgIpc) is 3.44. The minimum Gasteiger partial charge on any atom is -0.351 e. The lowest BCUT2D eigenvalue weighted by Gasteiger charge is -2.15. The second-order valence-corrected chi connectivity index (χ2v) is 10.6. The van der Waals surface area contributed by atoms with E-state index in [0.717, 1.165) is 58.2 Å². The summed E-state index contributed by atoms with van der Waals surface area (Å²) < 4.78 is 1.88. The van der Waals surface area contributed by atoms with Crippen LogP contribution >= 0.6 is 22.9 Å². The monoisotopic (exact) mass is 534 g/mol. The van der Waals surface area contributed by atoms with Gasteiger partial charge in [0.05, 0.1) is 38.2 Å². The Bertz CT molecular complexity index is 1480. The molecule has 37 heavy (non-hydrogen) atoms. The van der Waals surface area contributed by atoms with E-state index in [0.29, 0.717) is 22.3 Å². The number of benzene rings is 2. The molecule has 5 rings (SSSR count). The molecule has 2 N–H and O–H groups in total. The molecule has 0 spiro atoms. The van der Waals surface area contributed by atoms with Crippen molar-refractivity contribution in [2.45, 2.75) is 19.8 Å². The molecular weight excluding hydrogens is 508 g/mol. The highest BCUT2D eigenvalue weighted by atomic mass is 35.5. The van der Waals surface area contributed by atoms with Crippen molar-refractivity contribution in [1.29, 1.82) is 0 Å². The Balaban J connectivity index is 1.58. The quantitative estimate of drug-likeness (QED) is 0.359. The number of anilines is 1. The molecule has 0 saturated carbocycles. The highest BCUT2D eigenvalue weighted by Crippen LogP contribution is 2.44. The first-order chi connectivity index (χ1) is 17.8. The molecule has 0 fully saturated rings. The van der Waals surface area contributed by atoms with Gasteiger partial charge in [-0.25, -0.2) is 9.67 Å². The van der Waals surface area contributed by atoms with Gasteiger partial charge in [0.2, 0.25) is 5.91 Å². The van der Waals surface area contributed by atoms with Crippen molar-refractivity contribution < 1.29 is 9.59 Å². The molecular formula is C27H27ClN6O2S. The molecule has 0 saturated heterocycles. The van der Waals surface area contributed by atoms with E-state index in [-0.39, 0.29) is 11.8 Å². The molecule has 2 amide bonds. The predicted octanol–water partition coefficient (Wildman–Crippen LogP) is 4.66. The van der Waals surface area contributed by atoms with Crippen LogP contribution in [-0.2, 0) is 17.6 Å². The van der Waals surface area contributed by atoms with Gasteiger partial charge < -0.3 is 15.5 Å². The number of carbonyl (C=O) groups excluding carboxylic acids is 2. The van der Waals surface area contributed by atoms with Crippen molar-refractivity contribution in [2.24, 2.45) is 0 Å². The number of thiazole rings is 1. The summed E-state index contributed by atoms with van der Waals surface area (Å²) in [6, 6.07) is 15.4. The molecule has 0 radical (unpaired) electrons. The van der Waals surface area contributed by atoms with Crippen molar-refractivity contribution in [3.8, 4) is 27.5 Å². The fourth-order valence-electron chi connectivity index (χ4n) is 4.40. The molecule has 1 aliphatic carbocycles. The summed E-state index contributed by atoms with van der Waals surface area (Å²) in [7, 11) is 3.91. The molecule has 2 aromatic carbocycles. The first-order valence-corrected chi connectivity index (χ1v) is 13.2. The van der Waals surface area contributed by atoms with E-state index in [1.165, 1.54) is 18.3 Å². The van der Waals surface area contributed by atoms with Crippen LogP contribution in [0.2, 0.25) is 5.02 Å². The summed E-state index contributed by atoms with van der Waals surface area (Å²) in [4.78, 5) is 32.0. The van der Waals surface area contributed by atoms with Gasteiger partial charge in [-0.2, -0.15) is 5.10 Å². The third-order valence-corrected chi connectivity index (χ3v) is 7.46. The predicted molar refractivity (Wildman–Crippen MR) is 148 cm³/mol. The second kappa shape index (κ2) is 10.5. The molecule has 0 unspecified atom stereocenters. The third-order valence-electron chi connectivity index (χ3n) is 6.12. The number of aromatic nitrogens is 3. The summed E-state index contributed by atoms with van der Waals surface area (Å²) in [5.74, 6) is -0.369. The van der Waals surface area contributed by atoms with Crippen LogP contribution < -0.4 is 10.6 Å². The van der Waals surface area contributed by atoms with Crippen LogP contribution in [0, 0.1) is 0 Å². The zero-order valence-corrected chi connectivity index (χ0v) is 22.4. The van der Waals surface area contributed by atoms with E-state index in [9.17, 15) is 9.59 Å². The molecule has 2 aromatic heterocycles. The number of hydrogen-bond acceptors (Lipinski definition) is 6. The first-order valence-electron chi connectivity index (χ1n) is 12.0. The number of likely N-dealkylation sites (N-methyl/N-ethyl adjacent to an activating group) is 1. The van der Waals surface area contributed by atoms with Crippen LogP contribution in [0.15, 0.2) is 48.5 Å². The van der Waals surface area contributed by atoms with E-state index < -0.39 is 0 Å². The maximum atomic E-state index is 12.7. The molecule has 10 heteroatoms. The Labute approximate surface area is 224 Å². The number of nitrogens with zero attached hydrogens (tertiary/aromatic N) is 4. The normalized spacial score (nSPS) is 12.2. The first kappa shape index (κ1) is 25.1. The standard InChI is InChI=1S/C27H27ClN6O2S/c1-16(35)30-27-31-22-12-11-20-23(17-7-5-4-6-8-17)32-34(24(20)25(22)37-27)18-9-10-19(21(28)15-18)26(36)29-13-14-33(2)3/h4-10,15H,11-14H2,1-3H3,(H,29,36)(H,30,31,35). The third kappa shape index (κ3) is 5.16. The smallest absolute Gasteiger partial charge is 0.252 e. The van der Waals surface area contributed by atoms with Gasteiger partial charge in [-0.3, -0.25) is 9.59 Å². The number of halogens is 1. The van der Waals surface area contributed by atoms with Crippen molar-refractivity contribution in [2.75, 3.05) is 32.5 Å². The van der Waals surface area contributed by atoms with Gasteiger partial charge in [0.1, 0.15) is 0 Å². The van der Waals surface area contributed by atoms with Gasteiger partial charge in [0, 0.05) is 31.1 Å². The van der Waals surface area contributed by atoms with E-state index >= 15 is 0 Å². The largest absolute Gasteiger partial charge is 0.351 e. The summed E-state index contributed by atoms with van der Waals surface area (Å²) in [5, 5.41) is 11.7. The fourth-order valence-corrected chi connectivity index (χ4v) is 5.77.